The Hall–Kier alpha value is -2.71. The molecule has 2 amide bonds. The van der Waals surface area contributed by atoms with Gasteiger partial charge < -0.3 is 20.1 Å². The van der Waals surface area contributed by atoms with Crippen LogP contribution in [0.5, 0.6) is 5.75 Å². The van der Waals surface area contributed by atoms with Gasteiger partial charge in [-0.1, -0.05) is 12.1 Å². The Balaban J connectivity index is 2.40. The van der Waals surface area contributed by atoms with Crippen LogP contribution in [0, 0.1) is 0 Å². The molecule has 0 aromatic heterocycles. The number of amides is 2. The van der Waals surface area contributed by atoms with Crippen molar-refractivity contribution in [3.63, 3.8) is 0 Å². The Morgan fingerprint density at radius 2 is 2.04 bits per heavy atom. The molecule has 1 aromatic rings. The topological polar surface area (TPSA) is 76.7 Å². The van der Waals surface area contributed by atoms with Crippen molar-refractivity contribution >= 4 is 12.0 Å². The average Bonchev–Trinajstić information content (AvgIpc) is 2.45. The molecule has 9 heteroatoms. The third-order valence-electron chi connectivity index (χ3n) is 3.19. The average molecular weight is 344 g/mol. The summed E-state index contributed by atoms with van der Waals surface area (Å²) in [5, 5.41) is 4.94. The van der Waals surface area contributed by atoms with Crippen molar-refractivity contribution < 1.29 is 32.2 Å². The van der Waals surface area contributed by atoms with Gasteiger partial charge in [0.2, 0.25) is 0 Å². The summed E-state index contributed by atoms with van der Waals surface area (Å²) in [4.78, 5) is 23.8. The summed E-state index contributed by atoms with van der Waals surface area (Å²) in [5.74, 6) is -1.12. The molecule has 1 aliphatic heterocycles. The number of esters is 1. The van der Waals surface area contributed by atoms with E-state index in [1.165, 1.54) is 19.1 Å². The quantitative estimate of drug-likeness (QED) is 0.824. The molecule has 6 nitrogen and oxygen atoms in total. The number of halogens is 3. The van der Waals surface area contributed by atoms with Crippen molar-refractivity contribution in [1.82, 2.24) is 10.6 Å². The van der Waals surface area contributed by atoms with Crippen LogP contribution in [0.3, 0.4) is 0 Å². The zero-order chi connectivity index (χ0) is 17.9. The van der Waals surface area contributed by atoms with Crippen molar-refractivity contribution in [1.29, 1.82) is 0 Å². The number of rotatable bonds is 4. The minimum absolute atomic E-state index is 0.112. The lowest BCUT2D eigenvalue weighted by Gasteiger charge is -2.28. The van der Waals surface area contributed by atoms with Crippen LogP contribution in [0.2, 0.25) is 0 Å². The van der Waals surface area contributed by atoms with Gasteiger partial charge in [-0.3, -0.25) is 0 Å². The highest BCUT2D eigenvalue weighted by Crippen LogP contribution is 2.31. The molecule has 0 saturated heterocycles. The highest BCUT2D eigenvalue weighted by Gasteiger charge is 2.34. The van der Waals surface area contributed by atoms with Gasteiger partial charge in [0, 0.05) is 5.70 Å². The van der Waals surface area contributed by atoms with E-state index >= 15 is 0 Å². The highest BCUT2D eigenvalue weighted by atomic mass is 19.4. The van der Waals surface area contributed by atoms with E-state index in [0.717, 1.165) is 12.1 Å². The van der Waals surface area contributed by atoms with E-state index in [1.54, 1.807) is 6.92 Å². The molecule has 24 heavy (non-hydrogen) atoms. The Morgan fingerprint density at radius 3 is 2.67 bits per heavy atom. The number of urea groups is 1. The maximum atomic E-state index is 12.4. The standard InChI is InChI=1S/C15H15F3N2O4/c1-3-23-13(21)11-8(2)19-14(22)20-12(11)9-5-4-6-10(7-9)24-15(16,17)18/h4-7,12H,3H2,1-2H3,(H2,19,20,22). The molecule has 0 fully saturated rings. The molecule has 1 atom stereocenters. The molecule has 0 aliphatic carbocycles. The van der Waals surface area contributed by atoms with Gasteiger partial charge in [0.15, 0.2) is 0 Å². The lowest BCUT2D eigenvalue weighted by atomic mass is 9.95. The number of carbonyl (C=O) groups is 2. The second-order valence-corrected chi connectivity index (χ2v) is 4.91. The number of hydrogen-bond donors (Lipinski definition) is 2. The van der Waals surface area contributed by atoms with Gasteiger partial charge >= 0.3 is 18.4 Å². The molecular weight excluding hydrogens is 329 g/mol. The second kappa shape index (κ2) is 6.81. The number of nitrogens with one attached hydrogen (secondary N) is 2. The number of ether oxygens (including phenoxy) is 2. The number of alkyl halides is 3. The third kappa shape index (κ3) is 4.18. The smallest absolute Gasteiger partial charge is 0.463 e. The van der Waals surface area contributed by atoms with Crippen molar-refractivity contribution in [2.24, 2.45) is 0 Å². The molecule has 1 aromatic carbocycles. The molecule has 2 N–H and O–H groups in total. The van der Waals surface area contributed by atoms with Crippen LogP contribution in [0.15, 0.2) is 35.5 Å². The predicted molar refractivity (Wildman–Crippen MR) is 76.9 cm³/mol. The third-order valence-corrected chi connectivity index (χ3v) is 3.19. The maximum absolute atomic E-state index is 12.4. The van der Waals surface area contributed by atoms with Crippen molar-refractivity contribution in [3.8, 4) is 5.75 Å². The van der Waals surface area contributed by atoms with Crippen LogP contribution in [0.25, 0.3) is 0 Å². The molecule has 0 radical (unpaired) electrons. The fourth-order valence-corrected chi connectivity index (χ4v) is 2.31. The Labute approximate surface area is 135 Å². The first-order chi connectivity index (χ1) is 11.2. The molecule has 0 saturated carbocycles. The summed E-state index contributed by atoms with van der Waals surface area (Å²) in [6, 6.07) is 3.52. The van der Waals surface area contributed by atoms with Crippen LogP contribution in [-0.4, -0.2) is 25.0 Å². The normalized spacial score (nSPS) is 17.9. The van der Waals surface area contributed by atoms with Gasteiger partial charge in [-0.25, -0.2) is 9.59 Å². The van der Waals surface area contributed by atoms with Gasteiger partial charge in [0.25, 0.3) is 0 Å². The van der Waals surface area contributed by atoms with E-state index in [0.29, 0.717) is 0 Å². The van der Waals surface area contributed by atoms with Gasteiger partial charge in [0.05, 0.1) is 18.2 Å². The SMILES string of the molecule is CCOC(=O)C1=C(C)NC(=O)NC1c1cccc(OC(F)(F)F)c1. The van der Waals surface area contributed by atoms with Gasteiger partial charge in [-0.15, -0.1) is 13.2 Å². The summed E-state index contributed by atoms with van der Waals surface area (Å²) in [6.07, 6.45) is -4.84. The monoisotopic (exact) mass is 344 g/mol. The van der Waals surface area contributed by atoms with Crippen LogP contribution in [0.1, 0.15) is 25.5 Å². The minimum Gasteiger partial charge on any atom is -0.463 e. The predicted octanol–water partition coefficient (Wildman–Crippen LogP) is 2.78. The van der Waals surface area contributed by atoms with E-state index in [-0.39, 0.29) is 23.4 Å². The first kappa shape index (κ1) is 17.6. The van der Waals surface area contributed by atoms with Crippen LogP contribution < -0.4 is 15.4 Å². The summed E-state index contributed by atoms with van der Waals surface area (Å²) >= 11 is 0. The van der Waals surface area contributed by atoms with Crippen molar-refractivity contribution in [2.45, 2.75) is 26.3 Å². The van der Waals surface area contributed by atoms with E-state index in [2.05, 4.69) is 15.4 Å². The summed E-state index contributed by atoms with van der Waals surface area (Å²) in [7, 11) is 0. The zero-order valence-corrected chi connectivity index (χ0v) is 12.9. The van der Waals surface area contributed by atoms with Crippen LogP contribution in [0.4, 0.5) is 18.0 Å². The Bertz CT molecular complexity index is 686. The van der Waals surface area contributed by atoms with Gasteiger partial charge in [-0.2, -0.15) is 0 Å². The Morgan fingerprint density at radius 1 is 1.33 bits per heavy atom. The number of allylic oxidation sites excluding steroid dienone is 1. The maximum Gasteiger partial charge on any atom is 0.573 e. The van der Waals surface area contributed by atoms with E-state index < -0.39 is 30.2 Å². The lowest BCUT2D eigenvalue weighted by Crippen LogP contribution is -2.45. The summed E-state index contributed by atoms with van der Waals surface area (Å²) < 4.78 is 45.9. The van der Waals surface area contributed by atoms with E-state index in [9.17, 15) is 22.8 Å². The fourth-order valence-electron chi connectivity index (χ4n) is 2.31. The first-order valence-electron chi connectivity index (χ1n) is 7.02. The number of benzene rings is 1. The summed E-state index contributed by atoms with van der Waals surface area (Å²) in [6.45, 7) is 3.25. The second-order valence-electron chi connectivity index (χ2n) is 4.91. The lowest BCUT2D eigenvalue weighted by molar-refractivity contribution is -0.274. The Kier molecular flexibility index (Phi) is 5.01. The van der Waals surface area contributed by atoms with Crippen LogP contribution in [-0.2, 0) is 9.53 Å². The van der Waals surface area contributed by atoms with Crippen molar-refractivity contribution in [3.05, 3.63) is 41.1 Å². The highest BCUT2D eigenvalue weighted by molar-refractivity contribution is 5.95. The van der Waals surface area contributed by atoms with Gasteiger partial charge in [0.1, 0.15) is 5.75 Å². The minimum atomic E-state index is -4.84. The first-order valence-corrected chi connectivity index (χ1v) is 7.02. The zero-order valence-electron chi connectivity index (χ0n) is 12.9. The van der Waals surface area contributed by atoms with E-state index in [1.807, 2.05) is 0 Å². The van der Waals surface area contributed by atoms with E-state index in [4.69, 9.17) is 4.74 Å². The molecular formula is C15H15F3N2O4. The molecule has 1 unspecified atom stereocenters. The summed E-state index contributed by atoms with van der Waals surface area (Å²) in [5.41, 5.74) is 0.638. The van der Waals surface area contributed by atoms with Crippen LogP contribution >= 0.6 is 0 Å². The molecule has 130 valence electrons. The van der Waals surface area contributed by atoms with Crippen molar-refractivity contribution in [2.75, 3.05) is 6.61 Å². The molecule has 0 bridgehead atoms. The molecule has 2 rings (SSSR count). The van der Waals surface area contributed by atoms with Gasteiger partial charge in [-0.05, 0) is 31.5 Å². The molecule has 1 heterocycles. The largest absolute Gasteiger partial charge is 0.573 e. The fraction of sp³-hybridized carbons (Fsp3) is 0.333. The molecule has 0 spiro atoms. The number of hydrogen-bond acceptors (Lipinski definition) is 4. The molecule has 1 aliphatic rings. The number of carbonyl (C=O) groups excluding carboxylic acids is 2.